The zero-order valence-corrected chi connectivity index (χ0v) is 11.3. The predicted octanol–water partition coefficient (Wildman–Crippen LogP) is 2.14. The Labute approximate surface area is 105 Å². The van der Waals surface area contributed by atoms with E-state index in [1.807, 2.05) is 0 Å². The molecule has 1 fully saturated rings. The molecular weight excluding hydrogens is 208 g/mol. The summed E-state index contributed by atoms with van der Waals surface area (Å²) in [6, 6.07) is 7.47. The summed E-state index contributed by atoms with van der Waals surface area (Å²) in [5, 5.41) is 3.41. The summed E-state index contributed by atoms with van der Waals surface area (Å²) >= 11 is 0. The van der Waals surface area contributed by atoms with E-state index in [0.29, 0.717) is 6.04 Å². The molecule has 0 bridgehead atoms. The van der Waals surface area contributed by atoms with Crippen molar-refractivity contribution >= 4 is 0 Å². The van der Waals surface area contributed by atoms with Crippen LogP contribution in [-0.4, -0.2) is 37.1 Å². The second-order valence-electron chi connectivity index (χ2n) is 5.27. The Hall–Kier alpha value is -0.860. The van der Waals surface area contributed by atoms with Crippen molar-refractivity contribution in [3.8, 4) is 0 Å². The average Bonchev–Trinajstić information content (AvgIpc) is 2.34. The van der Waals surface area contributed by atoms with E-state index in [0.717, 1.165) is 13.1 Å². The molecule has 0 spiro atoms. The molecule has 0 aromatic heterocycles. The number of benzene rings is 1. The van der Waals surface area contributed by atoms with Crippen LogP contribution in [0.15, 0.2) is 18.2 Å². The van der Waals surface area contributed by atoms with Crippen molar-refractivity contribution in [1.29, 1.82) is 0 Å². The van der Waals surface area contributed by atoms with Crippen molar-refractivity contribution in [1.82, 2.24) is 10.2 Å². The van der Waals surface area contributed by atoms with Crippen molar-refractivity contribution < 1.29 is 0 Å². The number of aryl methyl sites for hydroxylation is 2. The lowest BCUT2D eigenvalue weighted by atomic mass is 9.99. The Balaban J connectivity index is 1.99. The summed E-state index contributed by atoms with van der Waals surface area (Å²) in [6.07, 6.45) is 1.17. The van der Waals surface area contributed by atoms with E-state index >= 15 is 0 Å². The fourth-order valence-corrected chi connectivity index (χ4v) is 2.65. The van der Waals surface area contributed by atoms with Crippen molar-refractivity contribution in [2.75, 3.05) is 26.2 Å². The van der Waals surface area contributed by atoms with Crippen LogP contribution in [0.5, 0.6) is 0 Å². The van der Waals surface area contributed by atoms with Gasteiger partial charge in [0.15, 0.2) is 0 Å². The van der Waals surface area contributed by atoms with Crippen LogP contribution in [0.3, 0.4) is 0 Å². The Bertz CT molecular complexity index is 367. The first-order chi connectivity index (χ1) is 8.16. The zero-order valence-electron chi connectivity index (χ0n) is 11.3. The molecule has 0 saturated carbocycles. The Kier molecular flexibility index (Phi) is 4.19. The second-order valence-corrected chi connectivity index (χ2v) is 5.27. The third-order valence-electron chi connectivity index (χ3n) is 3.79. The quantitative estimate of drug-likeness (QED) is 0.859. The van der Waals surface area contributed by atoms with Crippen LogP contribution >= 0.6 is 0 Å². The summed E-state index contributed by atoms with van der Waals surface area (Å²) in [4.78, 5) is 2.59. The molecule has 17 heavy (non-hydrogen) atoms. The molecule has 1 saturated heterocycles. The standard InChI is InChI=1S/C15H24N2/c1-12-4-5-15(13(2)10-12)11-14(3)17-8-6-16-7-9-17/h4-5,10,14,16H,6-9,11H2,1-3H3. The highest BCUT2D eigenvalue weighted by atomic mass is 15.2. The van der Waals surface area contributed by atoms with Gasteiger partial charge in [-0.25, -0.2) is 0 Å². The van der Waals surface area contributed by atoms with Crippen LogP contribution in [0.4, 0.5) is 0 Å². The van der Waals surface area contributed by atoms with E-state index in [9.17, 15) is 0 Å². The molecule has 1 N–H and O–H groups in total. The minimum absolute atomic E-state index is 0.651. The molecule has 0 aliphatic carbocycles. The molecule has 1 aliphatic rings. The lowest BCUT2D eigenvalue weighted by Crippen LogP contribution is -2.48. The Morgan fingerprint density at radius 1 is 1.24 bits per heavy atom. The fraction of sp³-hybridized carbons (Fsp3) is 0.600. The maximum Gasteiger partial charge on any atom is 0.0110 e. The SMILES string of the molecule is Cc1ccc(CC(C)N2CCNCC2)c(C)c1. The number of nitrogens with zero attached hydrogens (tertiary/aromatic N) is 1. The van der Waals surface area contributed by atoms with E-state index < -0.39 is 0 Å². The third-order valence-corrected chi connectivity index (χ3v) is 3.79. The van der Waals surface area contributed by atoms with E-state index in [1.54, 1.807) is 0 Å². The zero-order chi connectivity index (χ0) is 12.3. The molecule has 0 amide bonds. The van der Waals surface area contributed by atoms with Crippen molar-refractivity contribution in [2.24, 2.45) is 0 Å². The molecule has 94 valence electrons. The van der Waals surface area contributed by atoms with Crippen molar-refractivity contribution in [3.05, 3.63) is 34.9 Å². The second kappa shape index (κ2) is 5.65. The van der Waals surface area contributed by atoms with Crippen LogP contribution in [0, 0.1) is 13.8 Å². The Morgan fingerprint density at radius 3 is 2.59 bits per heavy atom. The van der Waals surface area contributed by atoms with Crippen LogP contribution in [0.1, 0.15) is 23.6 Å². The smallest absolute Gasteiger partial charge is 0.0110 e. The van der Waals surface area contributed by atoms with Gasteiger partial charge in [-0.2, -0.15) is 0 Å². The van der Waals surface area contributed by atoms with Crippen LogP contribution < -0.4 is 5.32 Å². The number of hydrogen-bond acceptors (Lipinski definition) is 2. The highest BCUT2D eigenvalue weighted by molar-refractivity contribution is 5.30. The minimum Gasteiger partial charge on any atom is -0.314 e. The summed E-state index contributed by atoms with van der Waals surface area (Å²) in [7, 11) is 0. The van der Waals surface area contributed by atoms with Gasteiger partial charge in [0.05, 0.1) is 0 Å². The molecule has 2 heteroatoms. The first-order valence-electron chi connectivity index (χ1n) is 6.67. The molecule has 1 atom stereocenters. The van der Waals surface area contributed by atoms with Gasteiger partial charge in [0.2, 0.25) is 0 Å². The van der Waals surface area contributed by atoms with Crippen molar-refractivity contribution in [2.45, 2.75) is 33.2 Å². The van der Waals surface area contributed by atoms with Gasteiger partial charge >= 0.3 is 0 Å². The van der Waals surface area contributed by atoms with Gasteiger partial charge in [-0.15, -0.1) is 0 Å². The number of rotatable bonds is 3. The summed E-state index contributed by atoms with van der Waals surface area (Å²) in [5.41, 5.74) is 4.30. The lowest BCUT2D eigenvalue weighted by Gasteiger charge is -2.33. The van der Waals surface area contributed by atoms with Gasteiger partial charge < -0.3 is 5.32 Å². The summed E-state index contributed by atoms with van der Waals surface area (Å²) in [5.74, 6) is 0. The molecule has 0 radical (unpaired) electrons. The van der Waals surface area contributed by atoms with E-state index in [1.165, 1.54) is 36.2 Å². The monoisotopic (exact) mass is 232 g/mol. The van der Waals surface area contributed by atoms with Crippen LogP contribution in [-0.2, 0) is 6.42 Å². The van der Waals surface area contributed by atoms with Crippen LogP contribution in [0.2, 0.25) is 0 Å². The number of hydrogen-bond donors (Lipinski definition) is 1. The molecule has 1 unspecified atom stereocenters. The summed E-state index contributed by atoms with van der Waals surface area (Å²) < 4.78 is 0. The topological polar surface area (TPSA) is 15.3 Å². The van der Waals surface area contributed by atoms with E-state index in [2.05, 4.69) is 49.2 Å². The van der Waals surface area contributed by atoms with E-state index in [-0.39, 0.29) is 0 Å². The highest BCUT2D eigenvalue weighted by Crippen LogP contribution is 2.15. The molecule has 1 aromatic carbocycles. The molecule has 1 aliphatic heterocycles. The molecule has 1 aromatic rings. The van der Waals surface area contributed by atoms with Gasteiger partial charge in [-0.1, -0.05) is 23.8 Å². The highest BCUT2D eigenvalue weighted by Gasteiger charge is 2.17. The molecule has 1 heterocycles. The normalized spacial score (nSPS) is 19.2. The summed E-state index contributed by atoms with van der Waals surface area (Å²) in [6.45, 7) is 11.4. The third kappa shape index (κ3) is 3.30. The van der Waals surface area contributed by atoms with Gasteiger partial charge in [-0.05, 0) is 38.3 Å². The molecule has 2 nitrogen and oxygen atoms in total. The minimum atomic E-state index is 0.651. The average molecular weight is 232 g/mol. The first kappa shape index (κ1) is 12.6. The van der Waals surface area contributed by atoms with Gasteiger partial charge in [0.25, 0.3) is 0 Å². The molecule has 2 rings (SSSR count). The van der Waals surface area contributed by atoms with Gasteiger partial charge in [-0.3, -0.25) is 4.90 Å². The molecular formula is C15H24N2. The predicted molar refractivity (Wildman–Crippen MR) is 73.5 cm³/mol. The number of nitrogens with one attached hydrogen (secondary N) is 1. The van der Waals surface area contributed by atoms with E-state index in [4.69, 9.17) is 0 Å². The first-order valence-corrected chi connectivity index (χ1v) is 6.67. The maximum atomic E-state index is 3.41. The van der Waals surface area contributed by atoms with Gasteiger partial charge in [0.1, 0.15) is 0 Å². The maximum absolute atomic E-state index is 3.41. The van der Waals surface area contributed by atoms with Gasteiger partial charge in [0, 0.05) is 32.2 Å². The fourth-order valence-electron chi connectivity index (χ4n) is 2.65. The largest absolute Gasteiger partial charge is 0.314 e. The van der Waals surface area contributed by atoms with Crippen LogP contribution in [0.25, 0.3) is 0 Å². The lowest BCUT2D eigenvalue weighted by molar-refractivity contribution is 0.183. The van der Waals surface area contributed by atoms with Crippen molar-refractivity contribution in [3.63, 3.8) is 0 Å². The Morgan fingerprint density at radius 2 is 1.94 bits per heavy atom. The number of piperazine rings is 1.